The fourth-order valence-electron chi connectivity index (χ4n) is 0.604. The van der Waals surface area contributed by atoms with Crippen LogP contribution in [0.3, 0.4) is 0 Å². The second-order valence-corrected chi connectivity index (χ2v) is 2.17. The fourth-order valence-corrected chi connectivity index (χ4v) is 0.604. The number of rotatable bonds is 5. The van der Waals surface area contributed by atoms with Crippen LogP contribution in [0, 0.1) is 4.91 Å². The summed E-state index contributed by atoms with van der Waals surface area (Å²) in [6, 6.07) is 0. The monoisotopic (exact) mass is 162 g/mol. The summed E-state index contributed by atoms with van der Waals surface area (Å²) < 4.78 is 0. The van der Waals surface area contributed by atoms with Crippen LogP contribution in [0.25, 0.3) is 0 Å². The van der Waals surface area contributed by atoms with Crippen molar-refractivity contribution in [2.24, 2.45) is 5.29 Å². The highest BCUT2D eigenvalue weighted by Crippen LogP contribution is 1.94. The second-order valence-electron chi connectivity index (χ2n) is 2.17. The molecule has 0 radical (unpaired) electrons. The number of hydrogen-bond donors (Lipinski definition) is 2. The van der Waals surface area contributed by atoms with Gasteiger partial charge in [0.1, 0.15) is 0 Å². The molecule has 0 saturated heterocycles. The molecule has 0 fully saturated rings. The average molecular weight is 162 g/mol. The molecule has 11 heavy (non-hydrogen) atoms. The molecule has 0 aromatic heterocycles. The molecule has 0 unspecified atom stereocenters. The van der Waals surface area contributed by atoms with E-state index < -0.39 is 12.1 Å². The summed E-state index contributed by atoms with van der Waals surface area (Å²) in [5, 5.41) is 20.5. The first-order valence-electron chi connectivity index (χ1n) is 3.00. The van der Waals surface area contributed by atoms with Crippen LogP contribution in [0.4, 0.5) is 0 Å². The predicted octanol–water partition coefficient (Wildman–Crippen LogP) is -0.565. The maximum atomic E-state index is 9.99. The summed E-state index contributed by atoms with van der Waals surface area (Å²) in [5.74, 6) is -1.10. The van der Waals surface area contributed by atoms with Crippen LogP contribution in [0.1, 0.15) is 6.42 Å². The van der Waals surface area contributed by atoms with Gasteiger partial charge in [-0.2, -0.15) is 0 Å². The number of hydrogen-bond acceptors (Lipinski definition) is 4. The molecule has 6 heteroatoms. The van der Waals surface area contributed by atoms with Crippen molar-refractivity contribution >= 4 is 5.97 Å². The largest absolute Gasteiger partial charge is 0.481 e. The van der Waals surface area contributed by atoms with Gasteiger partial charge in [-0.05, 0) is 0 Å². The van der Waals surface area contributed by atoms with E-state index in [2.05, 4.69) is 5.29 Å². The van der Waals surface area contributed by atoms with Gasteiger partial charge in [-0.1, -0.05) is 0 Å². The standard InChI is InChI=1S/C5H10N2O4/c1-7(6-11)3-4(8)2-5(9)10/h4,8H,2-3H2,1H3,(H,9,10)/t4-/m1/s1. The van der Waals surface area contributed by atoms with Crippen molar-refractivity contribution < 1.29 is 15.0 Å². The Morgan fingerprint density at radius 2 is 2.27 bits per heavy atom. The molecule has 0 amide bonds. The Morgan fingerprint density at radius 3 is 2.64 bits per heavy atom. The number of carbonyl (C=O) groups is 1. The molecule has 2 N–H and O–H groups in total. The minimum absolute atomic E-state index is 0.0597. The lowest BCUT2D eigenvalue weighted by molar-refractivity contribution is -0.139. The minimum Gasteiger partial charge on any atom is -0.481 e. The van der Waals surface area contributed by atoms with Crippen LogP contribution in [0.2, 0.25) is 0 Å². The number of aliphatic hydroxyl groups excluding tert-OH is 1. The molecule has 0 aliphatic rings. The number of carboxylic acids is 1. The highest BCUT2D eigenvalue weighted by molar-refractivity contribution is 5.67. The number of likely N-dealkylation sites (N-methyl/N-ethyl adjacent to an activating group) is 1. The zero-order chi connectivity index (χ0) is 8.85. The van der Waals surface area contributed by atoms with Crippen molar-refractivity contribution in [2.45, 2.75) is 12.5 Å². The van der Waals surface area contributed by atoms with Gasteiger partial charge in [0.25, 0.3) is 0 Å². The van der Waals surface area contributed by atoms with E-state index in [1.54, 1.807) is 0 Å². The molecular weight excluding hydrogens is 152 g/mol. The van der Waals surface area contributed by atoms with Gasteiger partial charge in [0.2, 0.25) is 0 Å². The Labute approximate surface area is 63.4 Å². The number of carboxylic acid groups (broad SMARTS) is 1. The highest BCUT2D eigenvalue weighted by Gasteiger charge is 2.11. The molecule has 1 atom stereocenters. The average Bonchev–Trinajstić information content (AvgIpc) is 1.85. The zero-order valence-corrected chi connectivity index (χ0v) is 6.10. The quantitative estimate of drug-likeness (QED) is 0.417. The van der Waals surface area contributed by atoms with Crippen molar-refractivity contribution in [1.29, 1.82) is 0 Å². The van der Waals surface area contributed by atoms with E-state index in [-0.39, 0.29) is 13.0 Å². The SMILES string of the molecule is CN(C[C@H](O)CC(=O)O)N=O. The van der Waals surface area contributed by atoms with E-state index in [4.69, 9.17) is 10.2 Å². The lowest BCUT2D eigenvalue weighted by atomic mass is 10.2. The molecule has 0 aliphatic heterocycles. The molecule has 0 rings (SSSR count). The Bertz CT molecular complexity index is 149. The van der Waals surface area contributed by atoms with Gasteiger partial charge < -0.3 is 10.2 Å². The van der Waals surface area contributed by atoms with E-state index in [1.165, 1.54) is 7.05 Å². The van der Waals surface area contributed by atoms with E-state index in [0.717, 1.165) is 5.01 Å². The second kappa shape index (κ2) is 4.62. The van der Waals surface area contributed by atoms with Gasteiger partial charge in [-0.15, -0.1) is 4.91 Å². The first kappa shape index (κ1) is 9.83. The lowest BCUT2D eigenvalue weighted by Gasteiger charge is -2.12. The normalized spacial score (nSPS) is 12.2. The van der Waals surface area contributed by atoms with Crippen LogP contribution < -0.4 is 0 Å². The Kier molecular flexibility index (Phi) is 4.12. The van der Waals surface area contributed by atoms with Crippen LogP contribution in [-0.4, -0.2) is 40.9 Å². The summed E-state index contributed by atoms with van der Waals surface area (Å²) in [6.45, 7) is -0.0597. The highest BCUT2D eigenvalue weighted by atomic mass is 16.4. The molecule has 0 saturated carbocycles. The van der Waals surface area contributed by atoms with E-state index in [1.807, 2.05) is 0 Å². The third-order valence-corrected chi connectivity index (χ3v) is 1.02. The maximum absolute atomic E-state index is 9.99. The number of nitroso groups, excluding NO2 is 1. The van der Waals surface area contributed by atoms with Crippen LogP contribution in [0.5, 0.6) is 0 Å². The van der Waals surface area contributed by atoms with E-state index in [0.29, 0.717) is 0 Å². The van der Waals surface area contributed by atoms with Gasteiger partial charge in [-0.3, -0.25) is 9.80 Å². The number of nitrogens with zero attached hydrogens (tertiary/aromatic N) is 2. The van der Waals surface area contributed by atoms with Gasteiger partial charge >= 0.3 is 5.97 Å². The van der Waals surface area contributed by atoms with E-state index in [9.17, 15) is 9.70 Å². The Balaban J connectivity index is 3.59. The van der Waals surface area contributed by atoms with Gasteiger partial charge in [0, 0.05) is 7.05 Å². The van der Waals surface area contributed by atoms with Gasteiger partial charge in [0.15, 0.2) is 0 Å². The molecule has 0 aromatic carbocycles. The minimum atomic E-state index is -1.10. The Morgan fingerprint density at radius 1 is 1.73 bits per heavy atom. The van der Waals surface area contributed by atoms with Crippen molar-refractivity contribution in [3.63, 3.8) is 0 Å². The third kappa shape index (κ3) is 5.28. The zero-order valence-electron chi connectivity index (χ0n) is 6.10. The fraction of sp³-hybridized carbons (Fsp3) is 0.800. The first-order valence-corrected chi connectivity index (χ1v) is 3.00. The van der Waals surface area contributed by atoms with Crippen LogP contribution >= 0.6 is 0 Å². The van der Waals surface area contributed by atoms with Crippen molar-refractivity contribution in [3.8, 4) is 0 Å². The molecular formula is C5H10N2O4. The first-order chi connectivity index (χ1) is 5.06. The van der Waals surface area contributed by atoms with E-state index >= 15 is 0 Å². The van der Waals surface area contributed by atoms with Crippen molar-refractivity contribution in [2.75, 3.05) is 13.6 Å². The number of aliphatic hydroxyl groups is 1. The van der Waals surface area contributed by atoms with Crippen LogP contribution in [0.15, 0.2) is 5.29 Å². The maximum Gasteiger partial charge on any atom is 0.306 e. The number of aliphatic carboxylic acids is 1. The molecule has 6 nitrogen and oxygen atoms in total. The molecule has 0 bridgehead atoms. The summed E-state index contributed by atoms with van der Waals surface area (Å²) in [4.78, 5) is 19.7. The smallest absolute Gasteiger partial charge is 0.306 e. The third-order valence-electron chi connectivity index (χ3n) is 1.02. The summed E-state index contributed by atoms with van der Waals surface area (Å²) in [7, 11) is 1.36. The molecule has 0 aliphatic carbocycles. The topological polar surface area (TPSA) is 90.2 Å². The summed E-state index contributed by atoms with van der Waals surface area (Å²) >= 11 is 0. The van der Waals surface area contributed by atoms with Crippen LogP contribution in [-0.2, 0) is 4.79 Å². The van der Waals surface area contributed by atoms with Gasteiger partial charge in [0.05, 0.1) is 24.4 Å². The summed E-state index contributed by atoms with van der Waals surface area (Å²) in [6.07, 6.45) is -1.42. The molecule has 64 valence electrons. The van der Waals surface area contributed by atoms with Crippen molar-refractivity contribution in [3.05, 3.63) is 4.91 Å². The molecule has 0 spiro atoms. The lowest BCUT2D eigenvalue weighted by Crippen LogP contribution is -2.26. The van der Waals surface area contributed by atoms with Gasteiger partial charge in [-0.25, -0.2) is 0 Å². The predicted molar refractivity (Wildman–Crippen MR) is 36.7 cm³/mol. The molecule has 0 aromatic rings. The summed E-state index contributed by atoms with van der Waals surface area (Å²) in [5.41, 5.74) is 0. The Hall–Kier alpha value is -1.17. The molecule has 0 heterocycles. The van der Waals surface area contributed by atoms with Crippen molar-refractivity contribution in [1.82, 2.24) is 5.01 Å².